The molecule has 1 aliphatic rings. The summed E-state index contributed by atoms with van der Waals surface area (Å²) in [6, 6.07) is 5.13. The first kappa shape index (κ1) is 16.5. The molecule has 1 aliphatic carbocycles. The van der Waals surface area contributed by atoms with Crippen molar-refractivity contribution in [1.29, 1.82) is 0 Å². The fraction of sp³-hybridized carbons (Fsp3) is 0.412. The average molecular weight is 339 g/mol. The number of hydrogen-bond acceptors (Lipinski definition) is 3. The van der Waals surface area contributed by atoms with E-state index < -0.39 is 29.5 Å². The fourth-order valence-electron chi connectivity index (χ4n) is 3.33. The van der Waals surface area contributed by atoms with E-state index in [0.717, 1.165) is 6.07 Å². The second-order valence-electron chi connectivity index (χ2n) is 6.18. The molecule has 1 saturated carbocycles. The molecule has 3 rings (SSSR count). The Morgan fingerprint density at radius 1 is 1.12 bits per heavy atom. The lowest BCUT2D eigenvalue weighted by atomic mass is 9.79. The fourth-order valence-corrected chi connectivity index (χ4v) is 3.33. The molecule has 2 N–H and O–H groups in total. The van der Waals surface area contributed by atoms with Crippen LogP contribution in [0.2, 0.25) is 0 Å². The average Bonchev–Trinajstić information content (AvgIpc) is 2.53. The molecular weight excluding hydrogens is 323 g/mol. The second kappa shape index (κ2) is 5.96. The molecule has 24 heavy (non-hydrogen) atoms. The van der Waals surface area contributed by atoms with Crippen LogP contribution >= 0.6 is 0 Å². The quantitative estimate of drug-likeness (QED) is 0.855. The number of carbonyl (C=O) groups is 1. The molecule has 1 aromatic carbocycles. The maximum atomic E-state index is 13.4. The zero-order valence-corrected chi connectivity index (χ0v) is 12.7. The molecule has 0 bridgehead atoms. The Morgan fingerprint density at radius 2 is 1.79 bits per heavy atom. The van der Waals surface area contributed by atoms with Crippen molar-refractivity contribution in [3.05, 3.63) is 35.5 Å². The lowest BCUT2D eigenvalue weighted by molar-refractivity contribution is -0.143. The summed E-state index contributed by atoms with van der Waals surface area (Å²) >= 11 is 0. The van der Waals surface area contributed by atoms with E-state index in [1.807, 2.05) is 0 Å². The number of nitrogens with zero attached hydrogens (tertiary/aromatic N) is 1. The van der Waals surface area contributed by atoms with Gasteiger partial charge in [-0.25, -0.2) is 0 Å². The molecule has 0 atom stereocenters. The van der Waals surface area contributed by atoms with Gasteiger partial charge < -0.3 is 10.2 Å². The molecule has 1 aromatic heterocycles. The molecule has 0 radical (unpaired) electrons. The van der Waals surface area contributed by atoms with Gasteiger partial charge >= 0.3 is 12.1 Å². The number of rotatable bonds is 2. The van der Waals surface area contributed by atoms with E-state index in [9.17, 15) is 23.1 Å². The molecular formula is C17H16F3NO3. The number of phenolic OH excluding ortho intramolecular Hbond substituents is 1. The third kappa shape index (κ3) is 3.16. The number of phenols is 1. The molecule has 1 heterocycles. The standard InChI is InChI=1S/C17H16F3NO3/c18-17(19,20)13-8-11-7-12(22)5-6-14(11)21-15(13)9-1-3-10(4-2-9)16(23)24/h5-10,22H,1-4H2,(H,23,24). The van der Waals surface area contributed by atoms with Crippen molar-refractivity contribution >= 4 is 16.9 Å². The van der Waals surface area contributed by atoms with Crippen molar-refractivity contribution in [2.24, 2.45) is 5.92 Å². The van der Waals surface area contributed by atoms with E-state index >= 15 is 0 Å². The molecule has 0 unspecified atom stereocenters. The summed E-state index contributed by atoms with van der Waals surface area (Å²) < 4.78 is 40.3. The van der Waals surface area contributed by atoms with Crippen LogP contribution in [0.1, 0.15) is 42.9 Å². The Hall–Kier alpha value is -2.31. The molecule has 4 nitrogen and oxygen atoms in total. The first-order chi connectivity index (χ1) is 11.3. The monoisotopic (exact) mass is 339 g/mol. The predicted molar refractivity (Wildman–Crippen MR) is 80.7 cm³/mol. The summed E-state index contributed by atoms with van der Waals surface area (Å²) in [5, 5.41) is 18.7. The van der Waals surface area contributed by atoms with Crippen LogP contribution < -0.4 is 0 Å². The summed E-state index contributed by atoms with van der Waals surface area (Å²) in [4.78, 5) is 15.2. The third-order valence-electron chi connectivity index (χ3n) is 4.60. The van der Waals surface area contributed by atoms with Gasteiger partial charge in [-0.3, -0.25) is 9.78 Å². The molecule has 7 heteroatoms. The number of carboxylic acid groups (broad SMARTS) is 1. The van der Waals surface area contributed by atoms with Gasteiger partial charge in [-0.1, -0.05) is 0 Å². The summed E-state index contributed by atoms with van der Waals surface area (Å²) in [5.74, 6) is -1.91. The number of fused-ring (bicyclic) bond motifs is 1. The zero-order valence-electron chi connectivity index (χ0n) is 12.7. The van der Waals surface area contributed by atoms with Gasteiger partial charge in [0.05, 0.1) is 22.7 Å². The van der Waals surface area contributed by atoms with Crippen molar-refractivity contribution < 1.29 is 28.2 Å². The topological polar surface area (TPSA) is 70.4 Å². The van der Waals surface area contributed by atoms with E-state index in [-0.39, 0.29) is 16.8 Å². The van der Waals surface area contributed by atoms with Crippen LogP contribution in [-0.4, -0.2) is 21.2 Å². The number of aliphatic carboxylic acids is 1. The Labute approximate surface area is 135 Å². The SMILES string of the molecule is O=C(O)C1CCC(c2nc3ccc(O)cc3cc2C(F)(F)F)CC1. The van der Waals surface area contributed by atoms with Crippen molar-refractivity contribution in [2.75, 3.05) is 0 Å². The molecule has 128 valence electrons. The number of alkyl halides is 3. The van der Waals surface area contributed by atoms with Gasteiger partial charge in [0.25, 0.3) is 0 Å². The van der Waals surface area contributed by atoms with E-state index in [1.165, 1.54) is 18.2 Å². The highest BCUT2D eigenvalue weighted by Gasteiger charge is 2.38. The number of benzene rings is 1. The third-order valence-corrected chi connectivity index (χ3v) is 4.60. The lowest BCUT2D eigenvalue weighted by Crippen LogP contribution is -2.23. The van der Waals surface area contributed by atoms with Crippen molar-refractivity contribution in [3.63, 3.8) is 0 Å². The van der Waals surface area contributed by atoms with E-state index in [0.29, 0.717) is 31.2 Å². The predicted octanol–water partition coefficient (Wildman–Crippen LogP) is 4.32. The second-order valence-corrected chi connectivity index (χ2v) is 6.18. The number of carboxylic acids is 1. The zero-order chi connectivity index (χ0) is 17.5. The number of hydrogen-bond donors (Lipinski definition) is 2. The summed E-state index contributed by atoms with van der Waals surface area (Å²) in [7, 11) is 0. The summed E-state index contributed by atoms with van der Waals surface area (Å²) in [6.07, 6.45) is -3.10. The van der Waals surface area contributed by atoms with E-state index in [1.54, 1.807) is 0 Å². The Morgan fingerprint density at radius 3 is 2.38 bits per heavy atom. The van der Waals surface area contributed by atoms with Gasteiger partial charge in [0.2, 0.25) is 0 Å². The van der Waals surface area contributed by atoms with Crippen LogP contribution in [0.25, 0.3) is 10.9 Å². The van der Waals surface area contributed by atoms with Gasteiger partial charge in [0.15, 0.2) is 0 Å². The number of pyridine rings is 1. The van der Waals surface area contributed by atoms with Gasteiger partial charge in [-0.05, 0) is 49.9 Å². The van der Waals surface area contributed by atoms with Crippen LogP contribution in [-0.2, 0) is 11.0 Å². The molecule has 0 spiro atoms. The van der Waals surface area contributed by atoms with Gasteiger partial charge in [0, 0.05) is 11.3 Å². The molecule has 0 amide bonds. The Bertz CT molecular complexity index is 780. The summed E-state index contributed by atoms with van der Waals surface area (Å²) in [6.45, 7) is 0. The highest BCUT2D eigenvalue weighted by atomic mass is 19.4. The van der Waals surface area contributed by atoms with Crippen LogP contribution in [0, 0.1) is 5.92 Å². The minimum atomic E-state index is -4.55. The lowest BCUT2D eigenvalue weighted by Gasteiger charge is -2.27. The first-order valence-electron chi connectivity index (χ1n) is 7.69. The molecule has 0 saturated heterocycles. The molecule has 0 aliphatic heterocycles. The number of halogens is 3. The number of aromatic nitrogens is 1. The van der Waals surface area contributed by atoms with Crippen molar-refractivity contribution in [1.82, 2.24) is 4.98 Å². The molecule has 1 fully saturated rings. The largest absolute Gasteiger partial charge is 0.508 e. The van der Waals surface area contributed by atoms with Crippen molar-refractivity contribution in [3.8, 4) is 5.75 Å². The van der Waals surface area contributed by atoms with Crippen LogP contribution in [0.5, 0.6) is 5.75 Å². The first-order valence-corrected chi connectivity index (χ1v) is 7.69. The maximum Gasteiger partial charge on any atom is 0.418 e. The Kier molecular flexibility index (Phi) is 4.11. The van der Waals surface area contributed by atoms with Crippen LogP contribution in [0.4, 0.5) is 13.2 Å². The minimum Gasteiger partial charge on any atom is -0.508 e. The van der Waals surface area contributed by atoms with Crippen molar-refractivity contribution in [2.45, 2.75) is 37.8 Å². The molecule has 2 aromatic rings. The smallest absolute Gasteiger partial charge is 0.418 e. The maximum absolute atomic E-state index is 13.4. The van der Waals surface area contributed by atoms with Gasteiger partial charge in [0.1, 0.15) is 5.75 Å². The normalized spacial score (nSPS) is 21.8. The number of aromatic hydroxyl groups is 1. The van der Waals surface area contributed by atoms with E-state index in [4.69, 9.17) is 5.11 Å². The van der Waals surface area contributed by atoms with Gasteiger partial charge in [-0.2, -0.15) is 13.2 Å². The van der Waals surface area contributed by atoms with Gasteiger partial charge in [-0.15, -0.1) is 0 Å². The summed E-state index contributed by atoms with van der Waals surface area (Å²) in [5.41, 5.74) is -0.444. The van der Waals surface area contributed by atoms with Crippen LogP contribution in [0.15, 0.2) is 24.3 Å². The highest BCUT2D eigenvalue weighted by molar-refractivity contribution is 5.81. The highest BCUT2D eigenvalue weighted by Crippen LogP contribution is 2.42. The van der Waals surface area contributed by atoms with E-state index in [2.05, 4.69) is 4.98 Å². The van der Waals surface area contributed by atoms with Crippen LogP contribution in [0.3, 0.4) is 0 Å². The minimum absolute atomic E-state index is 0.0236. The Balaban J connectivity index is 2.03.